The Balaban J connectivity index is 1.63. The van der Waals surface area contributed by atoms with Gasteiger partial charge in [-0.15, -0.1) is 11.3 Å². The van der Waals surface area contributed by atoms with E-state index in [1.807, 2.05) is 11.6 Å². The molecule has 1 fully saturated rings. The highest BCUT2D eigenvalue weighted by Crippen LogP contribution is 2.24. The van der Waals surface area contributed by atoms with Gasteiger partial charge in [-0.2, -0.15) is 0 Å². The molecule has 4 heteroatoms. The summed E-state index contributed by atoms with van der Waals surface area (Å²) >= 11 is 1.68. The molecule has 20 heavy (non-hydrogen) atoms. The normalized spacial score (nSPS) is 20.6. The number of hydrogen-bond acceptors (Lipinski definition) is 4. The predicted molar refractivity (Wildman–Crippen MR) is 86.3 cm³/mol. The van der Waals surface area contributed by atoms with Gasteiger partial charge in [0.05, 0.1) is 0 Å². The van der Waals surface area contributed by atoms with Crippen LogP contribution in [0.3, 0.4) is 0 Å². The molecule has 3 rings (SSSR count). The maximum absolute atomic E-state index is 4.35. The van der Waals surface area contributed by atoms with Gasteiger partial charge in [0.2, 0.25) is 0 Å². The van der Waals surface area contributed by atoms with Crippen molar-refractivity contribution in [2.75, 3.05) is 25.5 Å². The SMILES string of the molecule is CN1CCCC(Nc2ccc(-c3nccs3)cc2)CC1. The second kappa shape index (κ2) is 6.37. The van der Waals surface area contributed by atoms with E-state index in [4.69, 9.17) is 0 Å². The maximum Gasteiger partial charge on any atom is 0.123 e. The summed E-state index contributed by atoms with van der Waals surface area (Å²) in [5, 5.41) is 6.78. The highest BCUT2D eigenvalue weighted by atomic mass is 32.1. The average molecular weight is 287 g/mol. The molecule has 0 radical (unpaired) electrons. The Kier molecular flexibility index (Phi) is 4.33. The first-order valence-electron chi connectivity index (χ1n) is 7.26. The summed E-state index contributed by atoms with van der Waals surface area (Å²) in [6.45, 7) is 2.41. The fraction of sp³-hybridized carbons (Fsp3) is 0.438. The molecule has 1 unspecified atom stereocenters. The van der Waals surface area contributed by atoms with Gasteiger partial charge in [-0.25, -0.2) is 4.98 Å². The van der Waals surface area contributed by atoms with Crippen molar-refractivity contribution in [3.63, 3.8) is 0 Å². The molecule has 0 aliphatic carbocycles. The van der Waals surface area contributed by atoms with Crippen LogP contribution in [0.25, 0.3) is 10.6 Å². The number of anilines is 1. The quantitative estimate of drug-likeness (QED) is 0.933. The summed E-state index contributed by atoms with van der Waals surface area (Å²) in [6, 6.07) is 9.26. The van der Waals surface area contributed by atoms with Crippen molar-refractivity contribution in [3.8, 4) is 10.6 Å². The number of aromatic nitrogens is 1. The molecule has 0 spiro atoms. The molecule has 2 aromatic rings. The molecule has 0 amide bonds. The maximum atomic E-state index is 4.35. The molecule has 1 aromatic carbocycles. The van der Waals surface area contributed by atoms with Crippen LogP contribution in [-0.2, 0) is 0 Å². The molecule has 106 valence electrons. The van der Waals surface area contributed by atoms with Crippen LogP contribution in [0.5, 0.6) is 0 Å². The van der Waals surface area contributed by atoms with Crippen molar-refractivity contribution >= 4 is 17.0 Å². The molecule has 1 aliphatic rings. The van der Waals surface area contributed by atoms with E-state index in [9.17, 15) is 0 Å². The van der Waals surface area contributed by atoms with Gasteiger partial charge >= 0.3 is 0 Å². The monoisotopic (exact) mass is 287 g/mol. The van der Waals surface area contributed by atoms with Gasteiger partial charge in [-0.3, -0.25) is 0 Å². The number of benzene rings is 1. The van der Waals surface area contributed by atoms with Crippen LogP contribution in [0.15, 0.2) is 35.8 Å². The predicted octanol–water partition coefficient (Wildman–Crippen LogP) is 3.71. The minimum Gasteiger partial charge on any atom is -0.382 e. The Morgan fingerprint density at radius 1 is 1.20 bits per heavy atom. The Labute approximate surface area is 124 Å². The summed E-state index contributed by atoms with van der Waals surface area (Å²) in [5.41, 5.74) is 2.42. The van der Waals surface area contributed by atoms with E-state index < -0.39 is 0 Å². The van der Waals surface area contributed by atoms with E-state index >= 15 is 0 Å². The zero-order valence-corrected chi connectivity index (χ0v) is 12.7. The molecule has 1 aliphatic heterocycles. The molecule has 0 bridgehead atoms. The van der Waals surface area contributed by atoms with Crippen molar-refractivity contribution in [1.29, 1.82) is 0 Å². The highest BCUT2D eigenvalue weighted by Gasteiger charge is 2.14. The fourth-order valence-electron chi connectivity index (χ4n) is 2.70. The Bertz CT molecular complexity index is 521. The number of nitrogens with one attached hydrogen (secondary N) is 1. The van der Waals surface area contributed by atoms with Crippen LogP contribution in [0.4, 0.5) is 5.69 Å². The van der Waals surface area contributed by atoms with Gasteiger partial charge in [0, 0.05) is 28.9 Å². The summed E-state index contributed by atoms with van der Waals surface area (Å²) < 4.78 is 0. The highest BCUT2D eigenvalue weighted by molar-refractivity contribution is 7.13. The first-order chi connectivity index (χ1) is 9.81. The number of rotatable bonds is 3. The van der Waals surface area contributed by atoms with Crippen molar-refractivity contribution in [2.45, 2.75) is 25.3 Å². The number of likely N-dealkylation sites (tertiary alicyclic amines) is 1. The van der Waals surface area contributed by atoms with Gasteiger partial charge < -0.3 is 10.2 Å². The summed E-state index contributed by atoms with van der Waals surface area (Å²) in [4.78, 5) is 6.77. The molecule has 0 saturated carbocycles. The molecule has 3 nitrogen and oxygen atoms in total. The Morgan fingerprint density at radius 3 is 2.80 bits per heavy atom. The van der Waals surface area contributed by atoms with Crippen molar-refractivity contribution in [2.24, 2.45) is 0 Å². The smallest absolute Gasteiger partial charge is 0.123 e. The average Bonchev–Trinajstić information content (AvgIpc) is 2.92. The van der Waals surface area contributed by atoms with Crippen molar-refractivity contribution in [3.05, 3.63) is 35.8 Å². The molecule has 1 aromatic heterocycles. The largest absolute Gasteiger partial charge is 0.382 e. The van der Waals surface area contributed by atoms with Crippen LogP contribution >= 0.6 is 11.3 Å². The topological polar surface area (TPSA) is 28.2 Å². The second-order valence-corrected chi connectivity index (χ2v) is 6.38. The molecule has 1 N–H and O–H groups in total. The zero-order valence-electron chi connectivity index (χ0n) is 11.9. The zero-order chi connectivity index (χ0) is 13.8. The Morgan fingerprint density at radius 2 is 2.05 bits per heavy atom. The number of thiazole rings is 1. The van der Waals surface area contributed by atoms with E-state index in [1.165, 1.54) is 43.6 Å². The van der Waals surface area contributed by atoms with Crippen molar-refractivity contribution < 1.29 is 0 Å². The van der Waals surface area contributed by atoms with Crippen LogP contribution in [0, 0.1) is 0 Å². The second-order valence-electron chi connectivity index (χ2n) is 5.49. The van der Waals surface area contributed by atoms with Gasteiger partial charge in [0.1, 0.15) is 5.01 Å². The number of nitrogens with zero attached hydrogens (tertiary/aromatic N) is 2. The minimum atomic E-state index is 0.602. The number of hydrogen-bond donors (Lipinski definition) is 1. The summed E-state index contributed by atoms with van der Waals surface area (Å²) in [6.07, 6.45) is 5.63. The van der Waals surface area contributed by atoms with Crippen LogP contribution in [0.2, 0.25) is 0 Å². The third kappa shape index (κ3) is 3.38. The lowest BCUT2D eigenvalue weighted by molar-refractivity contribution is 0.348. The molecular weight excluding hydrogens is 266 g/mol. The molecule has 1 saturated heterocycles. The van der Waals surface area contributed by atoms with E-state index in [0.717, 1.165) is 5.01 Å². The van der Waals surface area contributed by atoms with Gasteiger partial charge in [-0.1, -0.05) is 0 Å². The lowest BCUT2D eigenvalue weighted by Crippen LogP contribution is -2.22. The standard InChI is InChI=1S/C16H21N3S/c1-19-10-2-3-14(8-11-19)18-15-6-4-13(5-7-15)16-17-9-12-20-16/h4-7,9,12,14,18H,2-3,8,10-11H2,1H3. The van der Waals surface area contributed by atoms with Gasteiger partial charge in [0.25, 0.3) is 0 Å². The summed E-state index contributed by atoms with van der Waals surface area (Å²) in [7, 11) is 2.21. The van der Waals surface area contributed by atoms with E-state index in [-0.39, 0.29) is 0 Å². The first-order valence-corrected chi connectivity index (χ1v) is 8.14. The third-order valence-electron chi connectivity index (χ3n) is 3.89. The lowest BCUT2D eigenvalue weighted by atomic mass is 10.1. The van der Waals surface area contributed by atoms with Crippen LogP contribution < -0.4 is 5.32 Å². The molecule has 2 heterocycles. The fourth-order valence-corrected chi connectivity index (χ4v) is 3.34. The molecule has 1 atom stereocenters. The molecular formula is C16H21N3S. The van der Waals surface area contributed by atoms with Crippen LogP contribution in [0.1, 0.15) is 19.3 Å². The van der Waals surface area contributed by atoms with E-state index in [1.54, 1.807) is 11.3 Å². The van der Waals surface area contributed by atoms with E-state index in [0.29, 0.717) is 6.04 Å². The van der Waals surface area contributed by atoms with E-state index in [2.05, 4.69) is 46.5 Å². The summed E-state index contributed by atoms with van der Waals surface area (Å²) in [5.74, 6) is 0. The van der Waals surface area contributed by atoms with Crippen LogP contribution in [-0.4, -0.2) is 36.1 Å². The van der Waals surface area contributed by atoms with Crippen molar-refractivity contribution in [1.82, 2.24) is 9.88 Å². The Hall–Kier alpha value is -1.39. The first kappa shape index (κ1) is 13.6. The third-order valence-corrected chi connectivity index (χ3v) is 4.71. The lowest BCUT2D eigenvalue weighted by Gasteiger charge is -2.18. The van der Waals surface area contributed by atoms with Gasteiger partial charge in [0.15, 0.2) is 0 Å². The van der Waals surface area contributed by atoms with Gasteiger partial charge in [-0.05, 0) is 63.7 Å². The minimum absolute atomic E-state index is 0.602.